The van der Waals surface area contributed by atoms with Crippen molar-refractivity contribution in [3.8, 4) is 0 Å². The zero-order valence-corrected chi connectivity index (χ0v) is 8.55. The molecule has 0 aromatic rings. The van der Waals surface area contributed by atoms with Gasteiger partial charge < -0.3 is 11.1 Å². The molecule has 13 heavy (non-hydrogen) atoms. The first kappa shape index (κ1) is 10.5. The number of hydrogen-bond donors (Lipinski definition) is 2. The Kier molecular flexibility index (Phi) is 4.83. The first-order chi connectivity index (χ1) is 6.33. The van der Waals surface area contributed by atoms with Crippen molar-refractivity contribution in [3.63, 3.8) is 0 Å². The number of aliphatic imine (C=N–C) groups is 1. The minimum absolute atomic E-state index is 0.761. The van der Waals surface area contributed by atoms with Crippen LogP contribution in [0, 0.1) is 5.92 Å². The van der Waals surface area contributed by atoms with Crippen LogP contribution in [0.5, 0.6) is 0 Å². The van der Waals surface area contributed by atoms with E-state index in [1.165, 1.54) is 18.7 Å². The van der Waals surface area contributed by atoms with Crippen molar-refractivity contribution in [2.45, 2.75) is 32.6 Å². The second kappa shape index (κ2) is 5.97. The highest BCUT2D eigenvalue weighted by Crippen LogP contribution is 2.13. The summed E-state index contributed by atoms with van der Waals surface area (Å²) in [5.41, 5.74) is 5.42. The normalized spacial score (nSPS) is 23.5. The maximum Gasteiger partial charge on any atom is 0.0963 e. The summed E-state index contributed by atoms with van der Waals surface area (Å²) >= 11 is 0. The molecule has 0 saturated carbocycles. The van der Waals surface area contributed by atoms with Gasteiger partial charge in [0.25, 0.3) is 0 Å². The van der Waals surface area contributed by atoms with E-state index in [0.29, 0.717) is 0 Å². The number of rotatable bonds is 3. The van der Waals surface area contributed by atoms with Gasteiger partial charge in [0, 0.05) is 19.5 Å². The van der Waals surface area contributed by atoms with Crippen molar-refractivity contribution < 1.29 is 0 Å². The quantitative estimate of drug-likeness (QED) is 0.645. The van der Waals surface area contributed by atoms with Crippen LogP contribution in [0.2, 0.25) is 0 Å². The molecule has 76 valence electrons. The Labute approximate surface area is 80.8 Å². The van der Waals surface area contributed by atoms with Gasteiger partial charge in [0.2, 0.25) is 0 Å². The molecule has 0 fully saturated rings. The summed E-state index contributed by atoms with van der Waals surface area (Å²) < 4.78 is 0. The Balaban J connectivity index is 2.20. The Morgan fingerprint density at radius 3 is 3.15 bits per heavy atom. The fraction of sp³-hybridized carbons (Fsp3) is 0.900. The Morgan fingerprint density at radius 2 is 2.38 bits per heavy atom. The third kappa shape index (κ3) is 4.27. The van der Waals surface area contributed by atoms with Crippen molar-refractivity contribution in [2.75, 3.05) is 19.6 Å². The molecule has 1 heterocycles. The molecule has 0 saturated heterocycles. The Morgan fingerprint density at radius 1 is 1.54 bits per heavy atom. The van der Waals surface area contributed by atoms with Crippen LogP contribution >= 0.6 is 0 Å². The fourth-order valence-corrected chi connectivity index (χ4v) is 1.51. The van der Waals surface area contributed by atoms with E-state index < -0.39 is 0 Å². The van der Waals surface area contributed by atoms with E-state index in [1.807, 2.05) is 0 Å². The lowest BCUT2D eigenvalue weighted by Gasteiger charge is -2.08. The number of hydrogen-bond acceptors (Lipinski definition) is 3. The first-order valence-corrected chi connectivity index (χ1v) is 5.30. The molecule has 0 aliphatic carbocycles. The predicted molar refractivity (Wildman–Crippen MR) is 57.0 cm³/mol. The molecular formula is C10H21N3. The van der Waals surface area contributed by atoms with E-state index >= 15 is 0 Å². The van der Waals surface area contributed by atoms with Gasteiger partial charge in [-0.1, -0.05) is 6.92 Å². The zero-order chi connectivity index (χ0) is 9.52. The summed E-state index contributed by atoms with van der Waals surface area (Å²) in [5, 5.41) is 3.35. The van der Waals surface area contributed by atoms with Crippen LogP contribution in [0.3, 0.4) is 0 Å². The van der Waals surface area contributed by atoms with E-state index in [9.17, 15) is 0 Å². The molecule has 0 aromatic carbocycles. The zero-order valence-electron chi connectivity index (χ0n) is 8.55. The summed E-state index contributed by atoms with van der Waals surface area (Å²) in [4.78, 5) is 4.51. The summed E-state index contributed by atoms with van der Waals surface area (Å²) in [5.74, 6) is 2.02. The fourth-order valence-electron chi connectivity index (χ4n) is 1.51. The first-order valence-electron chi connectivity index (χ1n) is 5.30. The number of nitrogens with zero attached hydrogens (tertiary/aromatic N) is 1. The van der Waals surface area contributed by atoms with Gasteiger partial charge in [-0.2, -0.15) is 0 Å². The Hall–Kier alpha value is -0.570. The van der Waals surface area contributed by atoms with E-state index in [2.05, 4.69) is 17.2 Å². The molecule has 1 aliphatic rings. The molecule has 3 N–H and O–H groups in total. The molecule has 3 nitrogen and oxygen atoms in total. The minimum Gasteiger partial charge on any atom is -0.374 e. The molecule has 0 bridgehead atoms. The number of nitrogens with one attached hydrogen (secondary N) is 1. The SMILES string of the molecule is CC1CCN=C(NCCCN)CC1. The smallest absolute Gasteiger partial charge is 0.0963 e. The maximum atomic E-state index is 5.42. The van der Waals surface area contributed by atoms with Gasteiger partial charge in [-0.3, -0.25) is 4.99 Å². The minimum atomic E-state index is 0.761. The lowest BCUT2D eigenvalue weighted by molar-refractivity contribution is 0.522. The van der Waals surface area contributed by atoms with Crippen LogP contribution in [-0.4, -0.2) is 25.5 Å². The second-order valence-corrected chi connectivity index (χ2v) is 3.83. The van der Waals surface area contributed by atoms with Gasteiger partial charge in [0.15, 0.2) is 0 Å². The van der Waals surface area contributed by atoms with E-state index in [-0.39, 0.29) is 0 Å². The van der Waals surface area contributed by atoms with E-state index in [0.717, 1.165) is 38.4 Å². The van der Waals surface area contributed by atoms with Gasteiger partial charge in [0.05, 0.1) is 5.84 Å². The molecule has 0 aromatic heterocycles. The standard InChI is InChI=1S/C10H21N3/c1-9-3-4-10(13-8-5-9)12-7-2-6-11/h9H,2-8,11H2,1H3,(H,12,13). The molecule has 1 atom stereocenters. The summed E-state index contributed by atoms with van der Waals surface area (Å²) in [6.07, 6.45) is 4.66. The van der Waals surface area contributed by atoms with Gasteiger partial charge >= 0.3 is 0 Å². The molecule has 1 aliphatic heterocycles. The van der Waals surface area contributed by atoms with Crippen LogP contribution in [0.1, 0.15) is 32.6 Å². The summed E-state index contributed by atoms with van der Waals surface area (Å²) in [6.45, 7) is 5.03. The molecule has 0 spiro atoms. The molecule has 0 amide bonds. The molecule has 1 rings (SSSR count). The third-order valence-corrected chi connectivity index (χ3v) is 2.51. The van der Waals surface area contributed by atoms with Gasteiger partial charge in [-0.25, -0.2) is 0 Å². The molecule has 0 radical (unpaired) electrons. The molecular weight excluding hydrogens is 162 g/mol. The van der Waals surface area contributed by atoms with Crippen LogP contribution in [0.15, 0.2) is 4.99 Å². The van der Waals surface area contributed by atoms with E-state index in [1.54, 1.807) is 0 Å². The van der Waals surface area contributed by atoms with E-state index in [4.69, 9.17) is 5.73 Å². The second-order valence-electron chi connectivity index (χ2n) is 3.83. The summed E-state index contributed by atoms with van der Waals surface area (Å²) in [7, 11) is 0. The third-order valence-electron chi connectivity index (χ3n) is 2.51. The lowest BCUT2D eigenvalue weighted by Crippen LogP contribution is -2.25. The highest BCUT2D eigenvalue weighted by Gasteiger charge is 2.08. The van der Waals surface area contributed by atoms with Crippen LogP contribution in [0.25, 0.3) is 0 Å². The van der Waals surface area contributed by atoms with Crippen LogP contribution in [-0.2, 0) is 0 Å². The molecule has 1 unspecified atom stereocenters. The van der Waals surface area contributed by atoms with Crippen LogP contribution < -0.4 is 11.1 Å². The molecule has 3 heteroatoms. The average Bonchev–Trinajstić information content (AvgIpc) is 2.32. The van der Waals surface area contributed by atoms with Crippen molar-refractivity contribution in [2.24, 2.45) is 16.6 Å². The number of nitrogens with two attached hydrogens (primary N) is 1. The Bertz CT molecular complexity index is 166. The topological polar surface area (TPSA) is 50.4 Å². The van der Waals surface area contributed by atoms with Gasteiger partial charge in [0.1, 0.15) is 0 Å². The summed E-state index contributed by atoms with van der Waals surface area (Å²) in [6, 6.07) is 0. The largest absolute Gasteiger partial charge is 0.374 e. The van der Waals surface area contributed by atoms with Gasteiger partial charge in [-0.05, 0) is 31.7 Å². The van der Waals surface area contributed by atoms with Crippen molar-refractivity contribution in [1.82, 2.24) is 5.32 Å². The highest BCUT2D eigenvalue weighted by molar-refractivity contribution is 5.82. The van der Waals surface area contributed by atoms with Crippen molar-refractivity contribution in [3.05, 3.63) is 0 Å². The maximum absolute atomic E-state index is 5.42. The monoisotopic (exact) mass is 183 g/mol. The lowest BCUT2D eigenvalue weighted by atomic mass is 10.0. The number of amidine groups is 1. The highest BCUT2D eigenvalue weighted by atomic mass is 15.0. The predicted octanol–water partition coefficient (Wildman–Crippen LogP) is 1.14. The van der Waals surface area contributed by atoms with Crippen LogP contribution in [0.4, 0.5) is 0 Å². The van der Waals surface area contributed by atoms with Gasteiger partial charge in [-0.15, -0.1) is 0 Å². The average molecular weight is 183 g/mol. The van der Waals surface area contributed by atoms with Crippen molar-refractivity contribution >= 4 is 5.84 Å². The van der Waals surface area contributed by atoms with Crippen molar-refractivity contribution in [1.29, 1.82) is 0 Å².